The Bertz CT molecular complexity index is 439. The topological polar surface area (TPSA) is 46.9 Å². The third-order valence-electron chi connectivity index (χ3n) is 2.21. The van der Waals surface area contributed by atoms with Crippen LogP contribution in [0.15, 0.2) is 23.1 Å². The van der Waals surface area contributed by atoms with E-state index in [-0.39, 0.29) is 5.56 Å². The molecule has 4 nitrogen and oxygen atoms in total. The lowest BCUT2D eigenvalue weighted by Gasteiger charge is -2.11. The minimum atomic E-state index is 0.00532. The molecule has 0 unspecified atom stereocenters. The summed E-state index contributed by atoms with van der Waals surface area (Å²) in [4.78, 5) is 16.0. The van der Waals surface area contributed by atoms with Crippen LogP contribution in [0.2, 0.25) is 0 Å². The number of nitrogens with zero attached hydrogens (tertiary/aromatic N) is 2. The van der Waals surface area contributed by atoms with Crippen LogP contribution in [0.1, 0.15) is 12.7 Å². The van der Waals surface area contributed by atoms with E-state index in [0.29, 0.717) is 10.1 Å². The zero-order valence-corrected chi connectivity index (χ0v) is 11.7. The fourth-order valence-electron chi connectivity index (χ4n) is 1.32. The summed E-state index contributed by atoms with van der Waals surface area (Å²) in [6.07, 6.45) is 1.60. The molecule has 0 fully saturated rings. The molecule has 0 aliphatic rings. The molecule has 1 N–H and O–H groups in total. The summed E-state index contributed by atoms with van der Waals surface area (Å²) in [6.45, 7) is 9.98. The first-order valence-electron chi connectivity index (χ1n) is 5.15. The Balaban J connectivity index is 2.85. The molecule has 0 aromatic carbocycles. The molecule has 0 bridgehead atoms. The van der Waals surface area contributed by atoms with Crippen molar-refractivity contribution in [1.29, 1.82) is 0 Å². The molecular weight excluding hydrogens is 317 g/mol. The summed E-state index contributed by atoms with van der Waals surface area (Å²) in [7, 11) is 0. The van der Waals surface area contributed by atoms with Gasteiger partial charge in [0.2, 0.25) is 0 Å². The van der Waals surface area contributed by atoms with E-state index in [2.05, 4.69) is 16.9 Å². The van der Waals surface area contributed by atoms with Crippen LogP contribution in [-0.2, 0) is 6.54 Å². The Labute approximate surface area is 109 Å². The SMILES string of the molecule is C=C(CNCC)Cn1c(C)ncc(I)c1=O. The predicted molar refractivity (Wildman–Crippen MR) is 73.6 cm³/mol. The summed E-state index contributed by atoms with van der Waals surface area (Å²) in [5.41, 5.74) is 0.988. The maximum absolute atomic E-state index is 11.9. The number of aryl methyl sites for hydroxylation is 1. The van der Waals surface area contributed by atoms with Crippen molar-refractivity contribution in [2.75, 3.05) is 13.1 Å². The Morgan fingerprint density at radius 1 is 1.69 bits per heavy atom. The second kappa shape index (κ2) is 6.15. The van der Waals surface area contributed by atoms with Gasteiger partial charge in [0.1, 0.15) is 5.82 Å². The largest absolute Gasteiger partial charge is 0.313 e. The lowest BCUT2D eigenvalue weighted by Crippen LogP contribution is -2.28. The number of hydrogen-bond donors (Lipinski definition) is 1. The van der Waals surface area contributed by atoms with Gasteiger partial charge in [0.25, 0.3) is 5.56 Å². The van der Waals surface area contributed by atoms with Gasteiger partial charge in [-0.1, -0.05) is 13.5 Å². The first kappa shape index (κ1) is 13.4. The van der Waals surface area contributed by atoms with Crippen LogP contribution in [0.4, 0.5) is 0 Å². The summed E-state index contributed by atoms with van der Waals surface area (Å²) in [5, 5.41) is 3.18. The van der Waals surface area contributed by atoms with E-state index in [1.807, 2.05) is 36.4 Å². The molecule has 0 saturated heterocycles. The van der Waals surface area contributed by atoms with E-state index in [0.717, 1.165) is 24.5 Å². The number of rotatable bonds is 5. The van der Waals surface area contributed by atoms with Crippen LogP contribution in [0.3, 0.4) is 0 Å². The Kier molecular flexibility index (Phi) is 5.14. The molecule has 0 atom stereocenters. The van der Waals surface area contributed by atoms with Crippen molar-refractivity contribution < 1.29 is 0 Å². The fraction of sp³-hybridized carbons (Fsp3) is 0.455. The van der Waals surface area contributed by atoms with Crippen LogP contribution < -0.4 is 10.9 Å². The normalized spacial score (nSPS) is 10.4. The van der Waals surface area contributed by atoms with Crippen molar-refractivity contribution in [3.05, 3.63) is 38.1 Å². The first-order valence-corrected chi connectivity index (χ1v) is 6.23. The van der Waals surface area contributed by atoms with Crippen LogP contribution in [0.25, 0.3) is 0 Å². The maximum Gasteiger partial charge on any atom is 0.267 e. The van der Waals surface area contributed by atoms with E-state index in [9.17, 15) is 4.79 Å². The van der Waals surface area contributed by atoms with Gasteiger partial charge in [-0.2, -0.15) is 0 Å². The summed E-state index contributed by atoms with van der Waals surface area (Å²) < 4.78 is 2.29. The van der Waals surface area contributed by atoms with Gasteiger partial charge in [0.05, 0.1) is 3.57 Å². The van der Waals surface area contributed by atoms with Crippen molar-refractivity contribution in [3.63, 3.8) is 0 Å². The zero-order chi connectivity index (χ0) is 12.1. The Hall–Kier alpha value is -0.690. The minimum Gasteiger partial charge on any atom is -0.313 e. The van der Waals surface area contributed by atoms with Crippen molar-refractivity contribution in [3.8, 4) is 0 Å². The van der Waals surface area contributed by atoms with Crippen molar-refractivity contribution >= 4 is 22.6 Å². The smallest absolute Gasteiger partial charge is 0.267 e. The zero-order valence-electron chi connectivity index (χ0n) is 9.59. The molecule has 0 saturated carbocycles. The molecule has 0 amide bonds. The predicted octanol–water partition coefficient (Wildman–Crippen LogP) is 1.32. The molecule has 1 aromatic rings. The minimum absolute atomic E-state index is 0.00532. The summed E-state index contributed by atoms with van der Waals surface area (Å²) in [5.74, 6) is 0.725. The standard InChI is InChI=1S/C11H16IN3O/c1-4-13-5-8(2)7-15-9(3)14-6-10(12)11(15)16/h6,13H,2,4-5,7H2,1,3H3. The number of halogens is 1. The van der Waals surface area contributed by atoms with E-state index >= 15 is 0 Å². The van der Waals surface area contributed by atoms with Gasteiger partial charge in [0, 0.05) is 19.3 Å². The average Bonchev–Trinajstić information content (AvgIpc) is 2.27. The van der Waals surface area contributed by atoms with Crippen molar-refractivity contribution in [1.82, 2.24) is 14.9 Å². The van der Waals surface area contributed by atoms with E-state index in [1.54, 1.807) is 10.8 Å². The molecule has 5 heteroatoms. The summed E-state index contributed by atoms with van der Waals surface area (Å²) >= 11 is 2.00. The fourth-order valence-corrected chi connectivity index (χ4v) is 1.75. The van der Waals surface area contributed by atoms with Gasteiger partial charge in [-0.3, -0.25) is 9.36 Å². The van der Waals surface area contributed by atoms with Crippen molar-refractivity contribution in [2.24, 2.45) is 0 Å². The van der Waals surface area contributed by atoms with Gasteiger partial charge in [0.15, 0.2) is 0 Å². The van der Waals surface area contributed by atoms with Gasteiger partial charge in [-0.15, -0.1) is 0 Å². The molecule has 0 radical (unpaired) electrons. The molecule has 16 heavy (non-hydrogen) atoms. The van der Waals surface area contributed by atoms with Gasteiger partial charge in [-0.25, -0.2) is 4.98 Å². The van der Waals surface area contributed by atoms with Crippen LogP contribution in [-0.4, -0.2) is 22.6 Å². The van der Waals surface area contributed by atoms with Gasteiger partial charge in [-0.05, 0) is 41.6 Å². The molecule has 0 aliphatic heterocycles. The van der Waals surface area contributed by atoms with Gasteiger partial charge >= 0.3 is 0 Å². The molecular formula is C11H16IN3O. The maximum atomic E-state index is 11.9. The molecule has 88 valence electrons. The monoisotopic (exact) mass is 333 g/mol. The van der Waals surface area contributed by atoms with Crippen LogP contribution in [0.5, 0.6) is 0 Å². The first-order chi connectivity index (χ1) is 7.56. The lowest BCUT2D eigenvalue weighted by molar-refractivity contribution is 0.653. The molecule has 1 heterocycles. The number of nitrogens with one attached hydrogen (secondary N) is 1. The third-order valence-corrected chi connectivity index (χ3v) is 2.95. The lowest BCUT2D eigenvalue weighted by atomic mass is 10.3. The average molecular weight is 333 g/mol. The molecule has 0 aliphatic carbocycles. The number of likely N-dealkylation sites (N-methyl/N-ethyl adjacent to an activating group) is 1. The molecule has 1 rings (SSSR count). The quantitative estimate of drug-likeness (QED) is 0.653. The van der Waals surface area contributed by atoms with E-state index in [1.165, 1.54) is 0 Å². The highest BCUT2D eigenvalue weighted by Crippen LogP contribution is 2.00. The highest BCUT2D eigenvalue weighted by molar-refractivity contribution is 14.1. The number of hydrogen-bond acceptors (Lipinski definition) is 3. The molecule has 1 aromatic heterocycles. The van der Waals surface area contributed by atoms with E-state index < -0.39 is 0 Å². The second-order valence-electron chi connectivity index (χ2n) is 3.57. The third kappa shape index (κ3) is 3.41. The number of aromatic nitrogens is 2. The summed E-state index contributed by atoms with van der Waals surface area (Å²) in [6, 6.07) is 0. The Morgan fingerprint density at radius 2 is 2.38 bits per heavy atom. The van der Waals surface area contributed by atoms with Gasteiger partial charge < -0.3 is 5.32 Å². The second-order valence-corrected chi connectivity index (χ2v) is 4.74. The Morgan fingerprint density at radius 3 is 3.00 bits per heavy atom. The highest BCUT2D eigenvalue weighted by atomic mass is 127. The van der Waals surface area contributed by atoms with Crippen LogP contribution >= 0.6 is 22.6 Å². The van der Waals surface area contributed by atoms with Crippen molar-refractivity contribution in [2.45, 2.75) is 20.4 Å². The molecule has 0 spiro atoms. The van der Waals surface area contributed by atoms with Crippen LogP contribution in [0, 0.1) is 10.5 Å². The highest BCUT2D eigenvalue weighted by Gasteiger charge is 2.06. The van der Waals surface area contributed by atoms with E-state index in [4.69, 9.17) is 0 Å².